The molecule has 0 saturated heterocycles. The van der Waals surface area contributed by atoms with E-state index in [1.165, 1.54) is 0 Å². The number of pyridine rings is 1. The van der Waals surface area contributed by atoms with E-state index in [0.29, 0.717) is 0 Å². The van der Waals surface area contributed by atoms with Gasteiger partial charge in [0.15, 0.2) is 0 Å². The monoisotopic (exact) mass is 192 g/mol. The highest BCUT2D eigenvalue weighted by Crippen LogP contribution is 2.26. The SMILES string of the molecule is CC[C@@H]1CN[C@H](C)c2ncccc2O1. The zero-order chi connectivity index (χ0) is 9.97. The highest BCUT2D eigenvalue weighted by atomic mass is 16.5. The lowest BCUT2D eigenvalue weighted by atomic mass is 10.2. The molecule has 0 aromatic carbocycles. The van der Waals surface area contributed by atoms with Crippen LogP contribution in [-0.4, -0.2) is 17.6 Å². The highest BCUT2D eigenvalue weighted by molar-refractivity contribution is 5.30. The molecule has 2 heterocycles. The van der Waals surface area contributed by atoms with Gasteiger partial charge in [-0.05, 0) is 25.5 Å². The van der Waals surface area contributed by atoms with Gasteiger partial charge in [0.05, 0.1) is 11.7 Å². The maximum Gasteiger partial charge on any atom is 0.142 e. The summed E-state index contributed by atoms with van der Waals surface area (Å²) < 4.78 is 5.85. The Kier molecular flexibility index (Phi) is 2.68. The molecule has 1 aromatic heterocycles. The number of ether oxygens (including phenoxy) is 1. The Labute approximate surface area is 84.5 Å². The summed E-state index contributed by atoms with van der Waals surface area (Å²) in [4.78, 5) is 4.34. The van der Waals surface area contributed by atoms with Gasteiger partial charge < -0.3 is 10.1 Å². The molecule has 0 aliphatic carbocycles. The molecule has 0 saturated carbocycles. The van der Waals surface area contributed by atoms with E-state index in [0.717, 1.165) is 24.4 Å². The number of rotatable bonds is 1. The molecule has 3 nitrogen and oxygen atoms in total. The summed E-state index contributed by atoms with van der Waals surface area (Å²) in [5.41, 5.74) is 1.02. The first-order valence-electron chi connectivity index (χ1n) is 5.16. The largest absolute Gasteiger partial charge is 0.487 e. The van der Waals surface area contributed by atoms with Crippen LogP contribution < -0.4 is 10.1 Å². The average molecular weight is 192 g/mol. The first kappa shape index (κ1) is 9.46. The Bertz CT molecular complexity index is 314. The Morgan fingerprint density at radius 2 is 2.50 bits per heavy atom. The topological polar surface area (TPSA) is 34.2 Å². The quantitative estimate of drug-likeness (QED) is 0.738. The second kappa shape index (κ2) is 3.96. The fourth-order valence-corrected chi connectivity index (χ4v) is 1.68. The molecule has 76 valence electrons. The van der Waals surface area contributed by atoms with Gasteiger partial charge in [0, 0.05) is 12.7 Å². The van der Waals surface area contributed by atoms with Gasteiger partial charge >= 0.3 is 0 Å². The molecular weight excluding hydrogens is 176 g/mol. The molecule has 0 amide bonds. The number of fused-ring (bicyclic) bond motifs is 1. The van der Waals surface area contributed by atoms with Crippen LogP contribution in [0.1, 0.15) is 32.0 Å². The molecule has 0 radical (unpaired) electrons. The molecule has 3 heteroatoms. The van der Waals surface area contributed by atoms with E-state index >= 15 is 0 Å². The summed E-state index contributed by atoms with van der Waals surface area (Å²) >= 11 is 0. The van der Waals surface area contributed by atoms with Crippen molar-refractivity contribution < 1.29 is 4.74 Å². The predicted octanol–water partition coefficient (Wildman–Crippen LogP) is 1.90. The van der Waals surface area contributed by atoms with Crippen LogP contribution in [0.25, 0.3) is 0 Å². The summed E-state index contributed by atoms with van der Waals surface area (Å²) in [5.74, 6) is 0.928. The minimum Gasteiger partial charge on any atom is -0.487 e. The Balaban J connectivity index is 2.31. The summed E-state index contributed by atoms with van der Waals surface area (Å²) in [6.07, 6.45) is 3.10. The molecular formula is C11H16N2O. The minimum absolute atomic E-state index is 0.267. The first-order chi connectivity index (χ1) is 6.81. The van der Waals surface area contributed by atoms with Crippen LogP contribution in [0.15, 0.2) is 18.3 Å². The smallest absolute Gasteiger partial charge is 0.142 e. The van der Waals surface area contributed by atoms with Gasteiger partial charge in [-0.15, -0.1) is 0 Å². The zero-order valence-electron chi connectivity index (χ0n) is 8.66. The number of hydrogen-bond acceptors (Lipinski definition) is 3. The van der Waals surface area contributed by atoms with E-state index in [2.05, 4.69) is 24.1 Å². The van der Waals surface area contributed by atoms with Crippen molar-refractivity contribution in [3.8, 4) is 5.75 Å². The Morgan fingerprint density at radius 1 is 1.64 bits per heavy atom. The van der Waals surface area contributed by atoms with Gasteiger partial charge in [-0.1, -0.05) is 6.92 Å². The second-order valence-corrected chi connectivity index (χ2v) is 3.66. The summed E-state index contributed by atoms with van der Waals surface area (Å²) in [6, 6.07) is 4.20. The van der Waals surface area contributed by atoms with Crippen molar-refractivity contribution in [2.75, 3.05) is 6.54 Å². The van der Waals surface area contributed by atoms with Crippen molar-refractivity contribution in [2.24, 2.45) is 0 Å². The molecule has 0 spiro atoms. The average Bonchev–Trinajstić information content (AvgIpc) is 2.39. The van der Waals surface area contributed by atoms with Gasteiger partial charge in [0.25, 0.3) is 0 Å². The Hall–Kier alpha value is -1.09. The third-order valence-corrected chi connectivity index (χ3v) is 2.61. The third-order valence-electron chi connectivity index (χ3n) is 2.61. The van der Waals surface area contributed by atoms with Crippen LogP contribution in [0, 0.1) is 0 Å². The zero-order valence-corrected chi connectivity index (χ0v) is 8.66. The lowest BCUT2D eigenvalue weighted by Crippen LogP contribution is -2.29. The van der Waals surface area contributed by atoms with E-state index in [1.807, 2.05) is 18.3 Å². The number of nitrogens with zero attached hydrogens (tertiary/aromatic N) is 1. The van der Waals surface area contributed by atoms with E-state index < -0.39 is 0 Å². The van der Waals surface area contributed by atoms with Crippen molar-refractivity contribution in [3.05, 3.63) is 24.0 Å². The van der Waals surface area contributed by atoms with E-state index in [9.17, 15) is 0 Å². The standard InChI is InChI=1S/C11H16N2O/c1-3-9-7-13-8(2)11-10(14-9)5-4-6-12-11/h4-6,8-9,13H,3,7H2,1-2H3/t8-,9-/m1/s1. The third kappa shape index (κ3) is 1.73. The molecule has 1 aromatic rings. The van der Waals surface area contributed by atoms with Gasteiger partial charge in [0.2, 0.25) is 0 Å². The minimum atomic E-state index is 0.267. The van der Waals surface area contributed by atoms with E-state index in [4.69, 9.17) is 4.74 Å². The molecule has 1 aliphatic rings. The normalized spacial score (nSPS) is 26.1. The molecule has 0 unspecified atom stereocenters. The molecule has 0 bridgehead atoms. The summed E-state index contributed by atoms with van der Waals surface area (Å²) in [7, 11) is 0. The fraction of sp³-hybridized carbons (Fsp3) is 0.545. The van der Waals surface area contributed by atoms with Crippen molar-refractivity contribution in [3.63, 3.8) is 0 Å². The van der Waals surface area contributed by atoms with Gasteiger partial charge in [0.1, 0.15) is 11.9 Å². The molecule has 2 rings (SSSR count). The molecule has 2 atom stereocenters. The molecule has 1 aliphatic heterocycles. The summed E-state index contributed by atoms with van der Waals surface area (Å²) in [6.45, 7) is 5.15. The fourth-order valence-electron chi connectivity index (χ4n) is 1.68. The number of aromatic nitrogens is 1. The molecule has 0 fully saturated rings. The van der Waals surface area contributed by atoms with Gasteiger partial charge in [-0.2, -0.15) is 0 Å². The second-order valence-electron chi connectivity index (χ2n) is 3.66. The van der Waals surface area contributed by atoms with Crippen LogP contribution in [-0.2, 0) is 0 Å². The van der Waals surface area contributed by atoms with Gasteiger partial charge in [-0.3, -0.25) is 4.98 Å². The molecule has 1 N–H and O–H groups in total. The maximum atomic E-state index is 5.85. The van der Waals surface area contributed by atoms with Crippen molar-refractivity contribution in [2.45, 2.75) is 32.4 Å². The number of nitrogens with one attached hydrogen (secondary N) is 1. The Morgan fingerprint density at radius 3 is 3.29 bits per heavy atom. The van der Waals surface area contributed by atoms with Crippen LogP contribution in [0.2, 0.25) is 0 Å². The van der Waals surface area contributed by atoms with Crippen LogP contribution in [0.3, 0.4) is 0 Å². The first-order valence-corrected chi connectivity index (χ1v) is 5.16. The van der Waals surface area contributed by atoms with Crippen LogP contribution in [0.5, 0.6) is 5.75 Å². The molecule has 14 heavy (non-hydrogen) atoms. The van der Waals surface area contributed by atoms with Crippen molar-refractivity contribution in [1.29, 1.82) is 0 Å². The lowest BCUT2D eigenvalue weighted by Gasteiger charge is -2.14. The van der Waals surface area contributed by atoms with Crippen molar-refractivity contribution >= 4 is 0 Å². The lowest BCUT2D eigenvalue weighted by molar-refractivity contribution is 0.200. The predicted molar refractivity (Wildman–Crippen MR) is 55.4 cm³/mol. The summed E-state index contributed by atoms with van der Waals surface area (Å²) in [5, 5.41) is 3.41. The van der Waals surface area contributed by atoms with Gasteiger partial charge in [-0.25, -0.2) is 0 Å². The maximum absolute atomic E-state index is 5.85. The van der Waals surface area contributed by atoms with Crippen molar-refractivity contribution in [1.82, 2.24) is 10.3 Å². The number of hydrogen-bond donors (Lipinski definition) is 1. The highest BCUT2D eigenvalue weighted by Gasteiger charge is 2.20. The van der Waals surface area contributed by atoms with Crippen LogP contribution in [0.4, 0.5) is 0 Å². The van der Waals surface area contributed by atoms with E-state index in [-0.39, 0.29) is 12.1 Å². The van der Waals surface area contributed by atoms with Crippen LogP contribution >= 0.6 is 0 Å². The van der Waals surface area contributed by atoms with E-state index in [1.54, 1.807) is 0 Å².